The molecule has 0 unspecified atom stereocenters. The van der Waals surface area contributed by atoms with Crippen LogP contribution in [0.15, 0.2) is 0 Å². The molecule has 0 atom stereocenters. The van der Waals surface area contributed by atoms with Crippen molar-refractivity contribution in [3.63, 3.8) is 0 Å². The largest absolute Gasteiger partial charge is 1.00 e. The molecular weight excluding hydrogens is 225 g/mol. The number of aliphatic carboxylic acids is 2. The van der Waals surface area contributed by atoms with Crippen LogP contribution in [0.3, 0.4) is 0 Å². The molecule has 1 N–H and O–H groups in total. The van der Waals surface area contributed by atoms with E-state index >= 15 is 0 Å². The van der Waals surface area contributed by atoms with Gasteiger partial charge in [0.05, 0.1) is 0 Å². The average Bonchev–Trinajstić information content (AvgIpc) is 1.36. The van der Waals surface area contributed by atoms with Crippen LogP contribution in [0, 0.1) is 0 Å². The van der Waals surface area contributed by atoms with Crippen LogP contribution in [0.2, 0.25) is 0 Å². The molecule has 5 heteroatoms. The smallest absolute Gasteiger partial charge is 1.00 e. The molecule has 0 heterocycles. The summed E-state index contributed by atoms with van der Waals surface area (Å²) in [6, 6.07) is 0. The molecule has 0 radical (unpaired) electrons. The minimum atomic E-state index is -2.07. The number of rotatable bonds is 0. The fourth-order valence-corrected chi connectivity index (χ4v) is 0. The summed E-state index contributed by atoms with van der Waals surface area (Å²) in [6.45, 7) is 0. The van der Waals surface area contributed by atoms with Crippen LogP contribution in [0.25, 0.3) is 0 Å². The monoisotopic (exact) mass is 230 g/mol. The fourth-order valence-electron chi connectivity index (χ4n) is 0. The molecule has 0 saturated carbocycles. The van der Waals surface area contributed by atoms with Crippen molar-refractivity contribution < 1.29 is 21.2 Å². The van der Waals surface area contributed by atoms with Gasteiger partial charge < -0.3 is 15.0 Å². The van der Waals surface area contributed by atoms with Crippen LogP contribution in [0.4, 0.5) is 0 Å². The standard InChI is InChI=1S/C2H2O4.Ba.2H/c3-1(4)2(5)6;;;/h(H,3,4)(H,5,6);;;. The van der Waals surface area contributed by atoms with Gasteiger partial charge in [-0.05, 0) is 0 Å². The Balaban J connectivity index is -0.000000125. The van der Waals surface area contributed by atoms with Gasteiger partial charge in [-0.25, -0.2) is 4.79 Å². The molecule has 0 fully saturated rings. The Bertz CT molecular complexity index is 80.0. The van der Waals surface area contributed by atoms with E-state index in [2.05, 4.69) is 0 Å². The summed E-state index contributed by atoms with van der Waals surface area (Å²) < 4.78 is 0. The molecule has 0 aromatic rings. The first-order valence-corrected chi connectivity index (χ1v) is 1.09. The maximum Gasteiger partial charge on any atom is 1.00 e. The minimum absolute atomic E-state index is 0. The third-order valence-electron chi connectivity index (χ3n) is 0.175. The molecule has 0 amide bonds. The number of carbonyl (C=O) groups is 2. The zero-order chi connectivity index (χ0) is 5.15. The van der Waals surface area contributed by atoms with Crippen molar-refractivity contribution in [1.29, 1.82) is 0 Å². The van der Waals surface area contributed by atoms with Gasteiger partial charge in [0, 0.05) is 0 Å². The quantitative estimate of drug-likeness (QED) is 0.355. The van der Waals surface area contributed by atoms with Crippen molar-refractivity contribution >= 4 is 60.8 Å². The zero-order valence-corrected chi connectivity index (χ0v) is 2.67. The Labute approximate surface area is 81.1 Å². The zero-order valence-electron chi connectivity index (χ0n) is 3.67. The van der Waals surface area contributed by atoms with E-state index < -0.39 is 11.9 Å². The van der Waals surface area contributed by atoms with Gasteiger partial charge in [0.15, 0.2) is 5.97 Å². The van der Waals surface area contributed by atoms with Crippen LogP contribution in [-0.2, 0) is 9.59 Å². The molecule has 0 aliphatic rings. The third kappa shape index (κ3) is 6.51. The molecule has 0 spiro atoms. The maximum atomic E-state index is 9.04. The SMILES string of the molecule is O=C([O-])C(=O)O.[BaH2].[H+]. The summed E-state index contributed by atoms with van der Waals surface area (Å²) in [7, 11) is 0. The summed E-state index contributed by atoms with van der Waals surface area (Å²) in [5.74, 6) is -4.01. The summed E-state index contributed by atoms with van der Waals surface area (Å²) in [5.41, 5.74) is 0. The molecule has 0 rings (SSSR count). The van der Waals surface area contributed by atoms with Gasteiger partial charge in [-0.2, -0.15) is 0 Å². The van der Waals surface area contributed by atoms with Crippen molar-refractivity contribution in [1.82, 2.24) is 0 Å². The topological polar surface area (TPSA) is 77.4 Å². The predicted molar refractivity (Wildman–Crippen MR) is 22.3 cm³/mol. The Morgan fingerprint density at radius 2 is 1.71 bits per heavy atom. The van der Waals surface area contributed by atoms with E-state index in [1.165, 1.54) is 0 Å². The number of carboxylic acid groups (broad SMARTS) is 2. The second-order valence-electron chi connectivity index (χ2n) is 0.593. The van der Waals surface area contributed by atoms with Crippen LogP contribution in [-0.4, -0.2) is 65.9 Å². The van der Waals surface area contributed by atoms with Crippen LogP contribution < -0.4 is 5.11 Å². The number of hydrogen-bond acceptors (Lipinski definition) is 3. The normalized spacial score (nSPS) is 6.29. The molecule has 7 heavy (non-hydrogen) atoms. The second-order valence-corrected chi connectivity index (χ2v) is 0.593. The summed E-state index contributed by atoms with van der Waals surface area (Å²) in [5, 5.41) is 16.3. The summed E-state index contributed by atoms with van der Waals surface area (Å²) >= 11 is 0. The van der Waals surface area contributed by atoms with Gasteiger partial charge in [-0.3, -0.25) is 0 Å². The third-order valence-corrected chi connectivity index (χ3v) is 0.175. The Hall–Kier alpha value is 0.511. The van der Waals surface area contributed by atoms with Crippen molar-refractivity contribution in [3.05, 3.63) is 0 Å². The Kier molecular flexibility index (Phi) is 6.99. The Morgan fingerprint density at radius 3 is 1.71 bits per heavy atom. The van der Waals surface area contributed by atoms with E-state index in [-0.39, 0.29) is 50.3 Å². The molecule has 0 aromatic carbocycles. The molecule has 0 aromatic heterocycles. The van der Waals surface area contributed by atoms with E-state index in [4.69, 9.17) is 19.8 Å². The van der Waals surface area contributed by atoms with Gasteiger partial charge in [-0.15, -0.1) is 0 Å². The fraction of sp³-hybridized carbons (Fsp3) is 0. The number of hydrogen-bond donors (Lipinski definition) is 1. The molecule has 4 nitrogen and oxygen atoms in total. The van der Waals surface area contributed by atoms with Gasteiger partial charge >= 0.3 is 56.3 Å². The van der Waals surface area contributed by atoms with Crippen LogP contribution in [0.5, 0.6) is 0 Å². The van der Waals surface area contributed by atoms with Crippen LogP contribution >= 0.6 is 0 Å². The Morgan fingerprint density at radius 1 is 1.57 bits per heavy atom. The van der Waals surface area contributed by atoms with E-state index in [0.717, 1.165) is 0 Å². The number of carboxylic acids is 2. The number of carbonyl (C=O) groups excluding carboxylic acids is 1. The average molecular weight is 229 g/mol. The second kappa shape index (κ2) is 4.67. The molecule has 0 aliphatic carbocycles. The maximum absolute atomic E-state index is 9.04. The van der Waals surface area contributed by atoms with Gasteiger partial charge in [0.2, 0.25) is 0 Å². The first-order valence-electron chi connectivity index (χ1n) is 1.09. The van der Waals surface area contributed by atoms with E-state index in [9.17, 15) is 0 Å². The molecule has 0 saturated heterocycles. The molecule has 0 bridgehead atoms. The molecule has 0 aliphatic heterocycles. The first-order chi connectivity index (χ1) is 2.64. The van der Waals surface area contributed by atoms with Gasteiger partial charge in [0.1, 0.15) is 0 Å². The van der Waals surface area contributed by atoms with E-state index in [1.807, 2.05) is 0 Å². The van der Waals surface area contributed by atoms with Gasteiger partial charge in [0.25, 0.3) is 0 Å². The van der Waals surface area contributed by atoms with Crippen molar-refractivity contribution in [2.24, 2.45) is 0 Å². The minimum Gasteiger partial charge on any atom is 1.00 e. The summed E-state index contributed by atoms with van der Waals surface area (Å²) in [6.07, 6.45) is 0. The van der Waals surface area contributed by atoms with Crippen molar-refractivity contribution in [2.45, 2.75) is 0 Å². The molecule has 38 valence electrons. The van der Waals surface area contributed by atoms with Crippen LogP contribution in [0.1, 0.15) is 1.43 Å². The first kappa shape index (κ1) is 10.5. The van der Waals surface area contributed by atoms with Crippen molar-refractivity contribution in [3.8, 4) is 0 Å². The molecular formula is C2H4BaO4. The van der Waals surface area contributed by atoms with E-state index in [1.54, 1.807) is 0 Å². The summed E-state index contributed by atoms with van der Waals surface area (Å²) in [4.78, 5) is 18.0. The van der Waals surface area contributed by atoms with Gasteiger partial charge in [-0.1, -0.05) is 0 Å². The van der Waals surface area contributed by atoms with E-state index in [0.29, 0.717) is 0 Å². The predicted octanol–water partition coefficient (Wildman–Crippen LogP) is -2.98. The van der Waals surface area contributed by atoms with Crippen molar-refractivity contribution in [2.75, 3.05) is 0 Å².